The molecule has 2 saturated carbocycles. The first-order valence-electron chi connectivity index (χ1n) is 12.2. The molecule has 8 heteroatoms. The number of nitrogens with one attached hydrogen (secondary N) is 2. The van der Waals surface area contributed by atoms with Gasteiger partial charge in [0, 0.05) is 18.6 Å². The van der Waals surface area contributed by atoms with E-state index < -0.39 is 29.6 Å². The number of hydrogen-bond acceptors (Lipinski definition) is 5. The van der Waals surface area contributed by atoms with Gasteiger partial charge in [-0.2, -0.15) is 0 Å². The average molecular weight is 477 g/mol. The molecule has 0 spiro atoms. The molecule has 2 aromatic rings. The summed E-state index contributed by atoms with van der Waals surface area (Å²) in [5, 5.41) is 15.2. The lowest BCUT2D eigenvalue weighted by atomic mass is 9.98. The number of aliphatic carboxylic acids is 1. The maximum atomic E-state index is 12.9. The lowest BCUT2D eigenvalue weighted by molar-refractivity contribution is -0.144. The summed E-state index contributed by atoms with van der Waals surface area (Å²) in [6.07, 6.45) is 0.945. The van der Waals surface area contributed by atoms with Gasteiger partial charge in [0.25, 0.3) is 5.91 Å². The minimum absolute atomic E-state index is 0.0394. The number of hydrogen-bond donors (Lipinski definition) is 3. The highest BCUT2D eigenvalue weighted by Gasteiger charge is 2.65. The Balaban J connectivity index is 1.05. The number of amides is 2. The molecule has 1 heterocycles. The van der Waals surface area contributed by atoms with Crippen molar-refractivity contribution in [1.82, 2.24) is 10.6 Å². The second-order valence-electron chi connectivity index (χ2n) is 10.2. The van der Waals surface area contributed by atoms with Gasteiger partial charge < -0.3 is 25.2 Å². The van der Waals surface area contributed by atoms with Gasteiger partial charge in [0.05, 0.1) is 11.5 Å². The molecule has 8 nitrogen and oxygen atoms in total. The topological polar surface area (TPSA) is 114 Å². The molecule has 182 valence electrons. The quantitative estimate of drug-likeness (QED) is 0.591. The fourth-order valence-corrected chi connectivity index (χ4v) is 6.34. The summed E-state index contributed by atoms with van der Waals surface area (Å²) in [5.41, 5.74) is 3.93. The maximum Gasteiger partial charge on any atom is 0.407 e. The van der Waals surface area contributed by atoms with Crippen LogP contribution in [0.25, 0.3) is 11.1 Å². The van der Waals surface area contributed by atoms with E-state index in [-0.39, 0.29) is 30.4 Å². The Morgan fingerprint density at radius 1 is 1.00 bits per heavy atom. The van der Waals surface area contributed by atoms with Crippen molar-refractivity contribution in [3.05, 3.63) is 59.7 Å². The van der Waals surface area contributed by atoms with Crippen LogP contribution in [-0.2, 0) is 19.1 Å². The zero-order valence-electron chi connectivity index (χ0n) is 19.2. The molecule has 1 saturated heterocycles. The minimum atomic E-state index is -0.812. The normalized spacial score (nSPS) is 30.2. The number of carbonyl (C=O) groups is 3. The molecule has 5 atom stereocenters. The zero-order valence-corrected chi connectivity index (χ0v) is 19.2. The first-order valence-corrected chi connectivity index (χ1v) is 12.2. The van der Waals surface area contributed by atoms with E-state index in [4.69, 9.17) is 9.47 Å². The molecule has 2 amide bonds. The molecule has 0 bridgehead atoms. The third kappa shape index (κ3) is 3.76. The van der Waals surface area contributed by atoms with Crippen LogP contribution in [0, 0.1) is 11.3 Å². The van der Waals surface area contributed by atoms with Crippen LogP contribution in [-0.4, -0.2) is 54.5 Å². The molecule has 1 aliphatic heterocycles. The van der Waals surface area contributed by atoms with Crippen LogP contribution in [0.5, 0.6) is 0 Å². The largest absolute Gasteiger partial charge is 0.481 e. The molecule has 0 unspecified atom stereocenters. The molecule has 3 aliphatic carbocycles. The van der Waals surface area contributed by atoms with Crippen LogP contribution >= 0.6 is 0 Å². The van der Waals surface area contributed by atoms with E-state index in [1.165, 1.54) is 0 Å². The number of fused-ring (bicyclic) bond motifs is 4. The number of carbonyl (C=O) groups excluding carboxylic acids is 2. The van der Waals surface area contributed by atoms with E-state index in [1.54, 1.807) is 0 Å². The number of carboxylic acids is 1. The Bertz CT molecular complexity index is 1150. The van der Waals surface area contributed by atoms with Gasteiger partial charge in [0.15, 0.2) is 6.10 Å². The first kappa shape index (κ1) is 22.1. The summed E-state index contributed by atoms with van der Waals surface area (Å²) < 4.78 is 11.2. The second-order valence-corrected chi connectivity index (χ2v) is 10.2. The van der Waals surface area contributed by atoms with Gasteiger partial charge in [0.1, 0.15) is 6.61 Å². The summed E-state index contributed by atoms with van der Waals surface area (Å²) >= 11 is 0. The summed E-state index contributed by atoms with van der Waals surface area (Å²) in [6.45, 7) is 0.559. The van der Waals surface area contributed by atoms with Crippen molar-refractivity contribution in [2.24, 2.45) is 11.3 Å². The third-order valence-electron chi connectivity index (χ3n) is 8.18. The van der Waals surface area contributed by atoms with Crippen molar-refractivity contribution in [2.75, 3.05) is 13.2 Å². The van der Waals surface area contributed by atoms with Crippen LogP contribution < -0.4 is 10.6 Å². The molecule has 2 aromatic carbocycles. The van der Waals surface area contributed by atoms with Gasteiger partial charge in [-0.15, -0.1) is 0 Å². The van der Waals surface area contributed by atoms with E-state index in [9.17, 15) is 19.5 Å². The van der Waals surface area contributed by atoms with Crippen LogP contribution in [0.1, 0.15) is 42.7 Å². The highest BCUT2D eigenvalue weighted by atomic mass is 16.6. The van der Waals surface area contributed by atoms with Crippen LogP contribution in [0.15, 0.2) is 48.5 Å². The summed E-state index contributed by atoms with van der Waals surface area (Å²) in [4.78, 5) is 37.0. The van der Waals surface area contributed by atoms with E-state index in [1.807, 2.05) is 24.3 Å². The number of ether oxygens (including phenoxy) is 2. The predicted molar refractivity (Wildman–Crippen MR) is 126 cm³/mol. The van der Waals surface area contributed by atoms with Crippen molar-refractivity contribution in [3.63, 3.8) is 0 Å². The smallest absolute Gasteiger partial charge is 0.407 e. The molecule has 3 fully saturated rings. The van der Waals surface area contributed by atoms with Crippen molar-refractivity contribution in [1.29, 1.82) is 0 Å². The van der Waals surface area contributed by atoms with E-state index in [0.717, 1.165) is 22.3 Å². The zero-order chi connectivity index (χ0) is 24.2. The molecule has 6 rings (SSSR count). The van der Waals surface area contributed by atoms with Gasteiger partial charge in [0.2, 0.25) is 0 Å². The van der Waals surface area contributed by atoms with Crippen LogP contribution in [0.3, 0.4) is 0 Å². The Labute approximate surface area is 203 Å². The van der Waals surface area contributed by atoms with Crippen molar-refractivity contribution >= 4 is 18.0 Å². The summed E-state index contributed by atoms with van der Waals surface area (Å²) in [7, 11) is 0. The maximum absolute atomic E-state index is 12.9. The van der Waals surface area contributed by atoms with Gasteiger partial charge in [-0.1, -0.05) is 48.5 Å². The fraction of sp³-hybridized carbons (Fsp3) is 0.444. The fourth-order valence-electron chi connectivity index (χ4n) is 6.34. The first-order chi connectivity index (χ1) is 17.0. The molecule has 4 aliphatic rings. The number of benzene rings is 2. The Hall–Kier alpha value is -3.39. The SMILES string of the molecule is O=C(N[C@@H]1CCO[C@@H]1C(=O)N[C@@H]1C[C@H]2C[C@@]2(C(=O)O)C1)OCC1c2ccccc2-c2ccccc21. The Morgan fingerprint density at radius 2 is 1.69 bits per heavy atom. The molecule has 35 heavy (non-hydrogen) atoms. The molecule has 0 radical (unpaired) electrons. The molecular formula is C27H28N2O6. The third-order valence-corrected chi connectivity index (χ3v) is 8.18. The van der Waals surface area contributed by atoms with Crippen molar-refractivity contribution in [2.45, 2.75) is 49.8 Å². The minimum Gasteiger partial charge on any atom is -0.481 e. The standard InChI is InChI=1S/C27H28N2O6/c30-24(28-16-11-15-12-27(15,13-16)25(31)32)23-22(9-10-34-23)29-26(33)35-14-21-19-7-3-1-5-17(19)18-6-2-4-8-20(18)21/h1-8,15-16,21-23H,9-14H2,(H,28,30)(H,29,33)(H,31,32)/t15-,16+,22+,23-,27+/m0/s1. The van der Waals surface area contributed by atoms with Crippen LogP contribution in [0.4, 0.5) is 4.79 Å². The molecular weight excluding hydrogens is 448 g/mol. The summed E-state index contributed by atoms with van der Waals surface area (Å²) in [5.74, 6) is -0.976. The van der Waals surface area contributed by atoms with Gasteiger partial charge >= 0.3 is 12.1 Å². The van der Waals surface area contributed by atoms with Gasteiger partial charge in [-0.3, -0.25) is 9.59 Å². The second kappa shape index (κ2) is 8.37. The lowest BCUT2D eigenvalue weighted by Gasteiger charge is -2.23. The van der Waals surface area contributed by atoms with Gasteiger partial charge in [-0.05, 0) is 53.9 Å². The number of carboxylic acid groups (broad SMARTS) is 1. The molecule has 0 aromatic heterocycles. The predicted octanol–water partition coefficient (Wildman–Crippen LogP) is 3.05. The highest BCUT2D eigenvalue weighted by Crippen LogP contribution is 2.63. The highest BCUT2D eigenvalue weighted by molar-refractivity contribution is 5.84. The van der Waals surface area contributed by atoms with E-state index in [0.29, 0.717) is 32.3 Å². The Morgan fingerprint density at radius 3 is 2.34 bits per heavy atom. The summed E-state index contributed by atoms with van der Waals surface area (Å²) in [6, 6.07) is 15.6. The number of rotatable bonds is 6. The molecule has 3 N–H and O–H groups in total. The average Bonchev–Trinajstić information content (AvgIpc) is 3.17. The van der Waals surface area contributed by atoms with E-state index in [2.05, 4.69) is 34.9 Å². The monoisotopic (exact) mass is 476 g/mol. The van der Waals surface area contributed by atoms with Gasteiger partial charge in [-0.25, -0.2) is 4.79 Å². The Kier molecular flexibility index (Phi) is 5.29. The van der Waals surface area contributed by atoms with Crippen molar-refractivity contribution < 1.29 is 29.0 Å². The van der Waals surface area contributed by atoms with E-state index >= 15 is 0 Å². The number of alkyl carbamates (subject to hydrolysis) is 1. The van der Waals surface area contributed by atoms with Crippen LogP contribution in [0.2, 0.25) is 0 Å². The lowest BCUT2D eigenvalue weighted by Crippen LogP contribution is -2.50. The van der Waals surface area contributed by atoms with Crippen molar-refractivity contribution in [3.8, 4) is 11.1 Å².